The van der Waals surface area contributed by atoms with E-state index in [0.29, 0.717) is 16.9 Å². The molecule has 0 atom stereocenters. The van der Waals surface area contributed by atoms with E-state index in [2.05, 4.69) is 39.9 Å². The van der Waals surface area contributed by atoms with E-state index >= 15 is 0 Å². The average Bonchev–Trinajstić information content (AvgIpc) is 3.22. The number of hydrogen-bond donors (Lipinski definition) is 2. The third-order valence-corrected chi connectivity index (χ3v) is 5.77. The van der Waals surface area contributed by atoms with Crippen LogP contribution in [-0.2, 0) is 6.42 Å². The fourth-order valence-corrected chi connectivity index (χ4v) is 4.26. The highest BCUT2D eigenvalue weighted by atomic mass is 32.1. The van der Waals surface area contributed by atoms with E-state index in [1.54, 1.807) is 12.4 Å². The maximum absolute atomic E-state index is 12.7. The third kappa shape index (κ3) is 5.06. The lowest BCUT2D eigenvalue weighted by molar-refractivity contribution is 0.0945. The second kappa shape index (κ2) is 9.66. The summed E-state index contributed by atoms with van der Waals surface area (Å²) in [7, 11) is 0. The van der Waals surface area contributed by atoms with E-state index in [-0.39, 0.29) is 11.9 Å². The van der Waals surface area contributed by atoms with Crippen LogP contribution >= 0.6 is 11.3 Å². The summed E-state index contributed by atoms with van der Waals surface area (Å²) < 4.78 is 0.895. The minimum atomic E-state index is -0.115. The first-order chi connectivity index (χ1) is 15.1. The van der Waals surface area contributed by atoms with Crippen molar-refractivity contribution in [3.8, 4) is 11.4 Å². The van der Waals surface area contributed by atoms with Crippen LogP contribution in [0.25, 0.3) is 21.6 Å². The number of pyridine rings is 1. The second-order valence-corrected chi connectivity index (χ2v) is 8.48. The Kier molecular flexibility index (Phi) is 6.52. The number of fused-ring (bicyclic) bond motifs is 1. The molecule has 0 aliphatic heterocycles. The van der Waals surface area contributed by atoms with E-state index < -0.39 is 0 Å². The molecule has 0 saturated heterocycles. The zero-order valence-corrected chi connectivity index (χ0v) is 18.4. The number of carbonyl (C=O) groups is 1. The minimum Gasteiger partial charge on any atom is -0.369 e. The smallest absolute Gasteiger partial charge is 0.254 e. The van der Waals surface area contributed by atoms with Crippen molar-refractivity contribution in [2.45, 2.75) is 32.7 Å². The van der Waals surface area contributed by atoms with Crippen molar-refractivity contribution in [3.63, 3.8) is 0 Å². The molecule has 6 nitrogen and oxygen atoms in total. The first-order valence-corrected chi connectivity index (χ1v) is 11.3. The highest BCUT2D eigenvalue weighted by Crippen LogP contribution is 2.32. The van der Waals surface area contributed by atoms with Crippen LogP contribution in [0.5, 0.6) is 0 Å². The van der Waals surface area contributed by atoms with Crippen molar-refractivity contribution >= 4 is 33.3 Å². The fraction of sp³-hybridized carbons (Fsp3) is 0.250. The van der Waals surface area contributed by atoms with E-state index in [0.717, 1.165) is 35.5 Å². The van der Waals surface area contributed by atoms with Crippen LogP contribution in [0.15, 0.2) is 60.2 Å². The molecule has 4 rings (SSSR count). The molecule has 0 unspecified atom stereocenters. The summed E-state index contributed by atoms with van der Waals surface area (Å²) >= 11 is 1.49. The van der Waals surface area contributed by atoms with Crippen molar-refractivity contribution in [1.82, 2.24) is 20.3 Å². The number of hydrogen-bond acceptors (Lipinski definition) is 6. The molecule has 0 aliphatic carbocycles. The van der Waals surface area contributed by atoms with Crippen LogP contribution in [0.1, 0.15) is 36.2 Å². The average molecular weight is 432 g/mol. The molecule has 1 amide bonds. The Labute approximate surface area is 185 Å². The van der Waals surface area contributed by atoms with Crippen LogP contribution in [0.3, 0.4) is 0 Å². The van der Waals surface area contributed by atoms with Gasteiger partial charge < -0.3 is 10.6 Å². The van der Waals surface area contributed by atoms with E-state index in [4.69, 9.17) is 9.97 Å². The molecule has 0 saturated carbocycles. The van der Waals surface area contributed by atoms with Gasteiger partial charge in [0.2, 0.25) is 0 Å². The van der Waals surface area contributed by atoms with Crippen LogP contribution in [-0.4, -0.2) is 33.4 Å². The Bertz CT molecular complexity index is 1160. The van der Waals surface area contributed by atoms with Crippen LogP contribution in [0.2, 0.25) is 0 Å². The Morgan fingerprint density at radius 2 is 1.84 bits per heavy atom. The number of carbonyl (C=O) groups excluding carboxylic acids is 1. The van der Waals surface area contributed by atoms with Gasteiger partial charge in [0.25, 0.3) is 5.91 Å². The minimum absolute atomic E-state index is 0.0551. The molecule has 0 fully saturated rings. The maximum Gasteiger partial charge on any atom is 0.254 e. The summed E-state index contributed by atoms with van der Waals surface area (Å²) in [6, 6.07) is 14.2. The van der Waals surface area contributed by atoms with Gasteiger partial charge in [-0.15, -0.1) is 11.3 Å². The predicted molar refractivity (Wildman–Crippen MR) is 127 cm³/mol. The van der Waals surface area contributed by atoms with Crippen molar-refractivity contribution in [1.29, 1.82) is 0 Å². The van der Waals surface area contributed by atoms with Gasteiger partial charge in [0.1, 0.15) is 11.3 Å². The lowest BCUT2D eigenvalue weighted by Crippen LogP contribution is -2.29. The number of thiophene rings is 1. The SMILES string of the molecule is CC(C)NC(=O)c1csc2c(NCCCc3ccccc3)nc(-c3ccncc3)nc12. The lowest BCUT2D eigenvalue weighted by Gasteiger charge is -2.10. The first kappa shape index (κ1) is 20.9. The summed E-state index contributed by atoms with van der Waals surface area (Å²) in [6.45, 7) is 4.68. The number of anilines is 1. The zero-order chi connectivity index (χ0) is 21.6. The van der Waals surface area contributed by atoms with E-state index in [1.165, 1.54) is 16.9 Å². The molecule has 1 aromatic carbocycles. The van der Waals surface area contributed by atoms with Gasteiger partial charge in [0, 0.05) is 35.9 Å². The molecule has 4 aromatic rings. The van der Waals surface area contributed by atoms with Crippen molar-refractivity contribution in [2.75, 3.05) is 11.9 Å². The second-order valence-electron chi connectivity index (χ2n) is 7.60. The molecule has 0 aliphatic rings. The van der Waals surface area contributed by atoms with Gasteiger partial charge in [-0.3, -0.25) is 9.78 Å². The molecule has 2 N–H and O–H groups in total. The normalized spacial score (nSPS) is 11.1. The van der Waals surface area contributed by atoms with Crippen LogP contribution in [0.4, 0.5) is 5.82 Å². The van der Waals surface area contributed by atoms with Crippen molar-refractivity contribution < 1.29 is 4.79 Å². The summed E-state index contributed by atoms with van der Waals surface area (Å²) in [5, 5.41) is 8.30. The molecule has 158 valence electrons. The zero-order valence-electron chi connectivity index (χ0n) is 17.6. The Morgan fingerprint density at radius 1 is 1.06 bits per heavy atom. The lowest BCUT2D eigenvalue weighted by atomic mass is 10.1. The molecule has 3 heterocycles. The maximum atomic E-state index is 12.7. The number of benzene rings is 1. The predicted octanol–water partition coefficient (Wildman–Crippen LogP) is 4.94. The molecular weight excluding hydrogens is 406 g/mol. The van der Waals surface area contributed by atoms with Crippen molar-refractivity contribution in [3.05, 3.63) is 71.4 Å². The quantitative estimate of drug-likeness (QED) is 0.387. The van der Waals surface area contributed by atoms with Gasteiger partial charge in [-0.2, -0.15) is 0 Å². The largest absolute Gasteiger partial charge is 0.369 e. The van der Waals surface area contributed by atoms with Gasteiger partial charge in [-0.25, -0.2) is 9.97 Å². The van der Waals surface area contributed by atoms with Gasteiger partial charge in [0.15, 0.2) is 5.82 Å². The highest BCUT2D eigenvalue weighted by molar-refractivity contribution is 7.18. The Hall–Kier alpha value is -3.32. The molecule has 0 bridgehead atoms. The van der Waals surface area contributed by atoms with Crippen molar-refractivity contribution in [2.24, 2.45) is 0 Å². The number of nitrogens with one attached hydrogen (secondary N) is 2. The third-order valence-electron chi connectivity index (χ3n) is 4.80. The number of amides is 1. The summed E-state index contributed by atoms with van der Waals surface area (Å²) in [5.74, 6) is 1.23. The number of aryl methyl sites for hydroxylation is 1. The number of nitrogens with zero attached hydrogens (tertiary/aromatic N) is 3. The Morgan fingerprint density at radius 3 is 2.58 bits per heavy atom. The Balaban J connectivity index is 1.62. The number of rotatable bonds is 8. The fourth-order valence-electron chi connectivity index (χ4n) is 3.31. The first-order valence-electron chi connectivity index (χ1n) is 10.4. The summed E-state index contributed by atoms with van der Waals surface area (Å²) in [4.78, 5) is 26.3. The van der Waals surface area contributed by atoms with E-state index in [1.807, 2.05) is 37.4 Å². The molecule has 7 heteroatoms. The van der Waals surface area contributed by atoms with Gasteiger partial charge in [-0.05, 0) is 44.4 Å². The van der Waals surface area contributed by atoms with Gasteiger partial charge in [0.05, 0.1) is 10.3 Å². The standard InChI is InChI=1S/C24H25N5OS/c1-16(2)27-24(30)19-15-31-21-20(19)28-22(18-10-13-25-14-11-18)29-23(21)26-12-6-9-17-7-4-3-5-8-17/h3-5,7-8,10-11,13-16H,6,9,12H2,1-2H3,(H,27,30)(H,26,28,29). The highest BCUT2D eigenvalue weighted by Gasteiger charge is 2.19. The molecule has 0 radical (unpaired) electrons. The monoisotopic (exact) mass is 431 g/mol. The van der Waals surface area contributed by atoms with Crippen LogP contribution < -0.4 is 10.6 Å². The van der Waals surface area contributed by atoms with Gasteiger partial charge in [-0.1, -0.05) is 30.3 Å². The summed E-state index contributed by atoms with van der Waals surface area (Å²) in [6.07, 6.45) is 5.41. The molecular formula is C24H25N5OS. The van der Waals surface area contributed by atoms with Crippen LogP contribution in [0, 0.1) is 0 Å². The van der Waals surface area contributed by atoms with Gasteiger partial charge >= 0.3 is 0 Å². The molecule has 3 aromatic heterocycles. The molecule has 0 spiro atoms. The number of aromatic nitrogens is 3. The molecule has 31 heavy (non-hydrogen) atoms. The summed E-state index contributed by atoms with van der Waals surface area (Å²) in [5.41, 5.74) is 3.44. The van der Waals surface area contributed by atoms with E-state index in [9.17, 15) is 4.79 Å². The topological polar surface area (TPSA) is 79.8 Å².